The summed E-state index contributed by atoms with van der Waals surface area (Å²) < 4.78 is 65.0. The first-order valence-corrected chi connectivity index (χ1v) is 14.0. The Balaban J connectivity index is 1.62. The van der Waals surface area contributed by atoms with Crippen LogP contribution in [0.2, 0.25) is 0 Å². The van der Waals surface area contributed by atoms with Gasteiger partial charge in [-0.15, -0.1) is 0 Å². The molecule has 184 valence electrons. The molecule has 0 bridgehead atoms. The number of anilines is 2. The van der Waals surface area contributed by atoms with Crippen LogP contribution in [0.4, 0.5) is 11.4 Å². The van der Waals surface area contributed by atoms with Crippen LogP contribution < -0.4 is 19.1 Å². The Hall–Kier alpha value is -2.83. The predicted molar refractivity (Wildman–Crippen MR) is 127 cm³/mol. The molecule has 4 rings (SSSR count). The lowest BCUT2D eigenvalue weighted by molar-refractivity contribution is -0.122. The lowest BCUT2D eigenvalue weighted by Gasteiger charge is -2.34. The molecule has 1 saturated heterocycles. The van der Waals surface area contributed by atoms with Gasteiger partial charge in [0.2, 0.25) is 20.0 Å². The molecule has 2 aromatic rings. The van der Waals surface area contributed by atoms with Crippen LogP contribution >= 0.6 is 0 Å². The molecular formula is C22H27N3O7S2. The maximum atomic E-state index is 13.2. The van der Waals surface area contributed by atoms with Crippen molar-refractivity contribution in [1.29, 1.82) is 0 Å². The molecule has 0 unspecified atom stereocenters. The molecule has 2 aliphatic heterocycles. The average Bonchev–Trinajstić information content (AvgIpc) is 3.39. The fraction of sp³-hybridized carbons (Fsp3) is 0.409. The first kappa shape index (κ1) is 24.3. The molecule has 2 heterocycles. The number of amides is 1. The van der Waals surface area contributed by atoms with Gasteiger partial charge in [-0.2, -0.15) is 4.31 Å². The molecule has 0 aromatic heterocycles. The topological polar surface area (TPSA) is 122 Å². The fourth-order valence-electron chi connectivity index (χ4n) is 3.99. The van der Waals surface area contributed by atoms with Gasteiger partial charge in [-0.25, -0.2) is 16.8 Å². The van der Waals surface area contributed by atoms with Gasteiger partial charge in [-0.05, 0) is 50.1 Å². The van der Waals surface area contributed by atoms with E-state index in [1.165, 1.54) is 40.8 Å². The number of benzene rings is 2. The zero-order valence-electron chi connectivity index (χ0n) is 18.9. The van der Waals surface area contributed by atoms with Crippen molar-refractivity contribution in [2.24, 2.45) is 0 Å². The Morgan fingerprint density at radius 3 is 2.50 bits per heavy atom. The van der Waals surface area contributed by atoms with Crippen LogP contribution in [0.25, 0.3) is 0 Å². The van der Waals surface area contributed by atoms with E-state index in [-0.39, 0.29) is 34.4 Å². The van der Waals surface area contributed by atoms with Gasteiger partial charge in [0, 0.05) is 13.1 Å². The number of methoxy groups -OCH3 is 1. The summed E-state index contributed by atoms with van der Waals surface area (Å²) in [6.07, 6.45) is 0.451. The van der Waals surface area contributed by atoms with Gasteiger partial charge < -0.3 is 14.8 Å². The van der Waals surface area contributed by atoms with Crippen molar-refractivity contribution in [3.63, 3.8) is 0 Å². The van der Waals surface area contributed by atoms with E-state index in [0.29, 0.717) is 18.8 Å². The van der Waals surface area contributed by atoms with Gasteiger partial charge in [0.25, 0.3) is 5.91 Å². The molecule has 1 N–H and O–H groups in total. The number of hydrogen-bond donors (Lipinski definition) is 1. The van der Waals surface area contributed by atoms with Gasteiger partial charge in [0.15, 0.2) is 6.10 Å². The number of para-hydroxylation sites is 2. The third kappa shape index (κ3) is 4.57. The van der Waals surface area contributed by atoms with Crippen LogP contribution in [-0.2, 0) is 24.8 Å². The fourth-order valence-corrected chi connectivity index (χ4v) is 6.66. The number of nitrogens with one attached hydrogen (secondary N) is 1. The molecule has 10 nitrogen and oxygen atoms in total. The second-order valence-electron chi connectivity index (χ2n) is 7.97. The molecule has 0 aliphatic carbocycles. The molecule has 1 atom stereocenters. The summed E-state index contributed by atoms with van der Waals surface area (Å²) in [5.41, 5.74) is 0.518. The lowest BCUT2D eigenvalue weighted by Crippen LogP contribution is -2.49. The number of nitrogens with zero attached hydrogens (tertiary/aromatic N) is 2. The van der Waals surface area contributed by atoms with Crippen molar-refractivity contribution in [3.8, 4) is 11.5 Å². The van der Waals surface area contributed by atoms with Gasteiger partial charge in [0.05, 0.1) is 35.7 Å². The van der Waals surface area contributed by atoms with E-state index in [1.807, 2.05) is 0 Å². The van der Waals surface area contributed by atoms with E-state index in [4.69, 9.17) is 9.47 Å². The number of carbonyl (C=O) groups excluding carboxylic acids is 1. The molecule has 2 aliphatic rings. The predicted octanol–water partition coefficient (Wildman–Crippen LogP) is 2.04. The molecule has 34 heavy (non-hydrogen) atoms. The normalized spacial score (nSPS) is 18.8. The minimum atomic E-state index is -3.71. The van der Waals surface area contributed by atoms with Gasteiger partial charge in [0.1, 0.15) is 11.5 Å². The molecule has 0 saturated carbocycles. The van der Waals surface area contributed by atoms with Gasteiger partial charge in [-0.3, -0.25) is 9.10 Å². The summed E-state index contributed by atoms with van der Waals surface area (Å²) >= 11 is 0. The summed E-state index contributed by atoms with van der Waals surface area (Å²) in [4.78, 5) is 13.2. The molecule has 12 heteroatoms. The maximum absolute atomic E-state index is 13.2. The second kappa shape index (κ2) is 9.43. The Morgan fingerprint density at radius 2 is 1.82 bits per heavy atom. The third-order valence-corrected chi connectivity index (χ3v) is 9.50. The zero-order valence-corrected chi connectivity index (χ0v) is 20.6. The molecule has 2 aromatic carbocycles. The van der Waals surface area contributed by atoms with Crippen molar-refractivity contribution in [2.75, 3.05) is 42.1 Å². The highest BCUT2D eigenvalue weighted by molar-refractivity contribution is 7.92. The van der Waals surface area contributed by atoms with Crippen molar-refractivity contribution >= 4 is 37.3 Å². The molecule has 1 amide bonds. The van der Waals surface area contributed by atoms with Crippen molar-refractivity contribution in [2.45, 2.75) is 30.8 Å². The highest BCUT2D eigenvalue weighted by atomic mass is 32.2. The number of carbonyl (C=O) groups is 1. The highest BCUT2D eigenvalue weighted by Crippen LogP contribution is 2.36. The van der Waals surface area contributed by atoms with Crippen molar-refractivity contribution < 1.29 is 31.1 Å². The first-order chi connectivity index (χ1) is 16.2. The van der Waals surface area contributed by atoms with E-state index < -0.39 is 32.1 Å². The first-order valence-electron chi connectivity index (χ1n) is 10.9. The van der Waals surface area contributed by atoms with Gasteiger partial charge in [-0.1, -0.05) is 12.1 Å². The van der Waals surface area contributed by atoms with Crippen molar-refractivity contribution in [1.82, 2.24) is 4.31 Å². The number of ether oxygens (including phenoxy) is 2. The summed E-state index contributed by atoms with van der Waals surface area (Å²) in [5.74, 6) is -0.231. The minimum absolute atomic E-state index is 0.0376. The van der Waals surface area contributed by atoms with E-state index in [9.17, 15) is 21.6 Å². The zero-order chi connectivity index (χ0) is 24.5. The van der Waals surface area contributed by atoms with E-state index in [1.54, 1.807) is 24.3 Å². The Morgan fingerprint density at radius 1 is 1.12 bits per heavy atom. The smallest absolute Gasteiger partial charge is 0.267 e. The Kier molecular flexibility index (Phi) is 6.74. The summed E-state index contributed by atoms with van der Waals surface area (Å²) in [5, 5.41) is 2.66. The summed E-state index contributed by atoms with van der Waals surface area (Å²) in [6, 6.07) is 10.9. The molecule has 0 spiro atoms. The SMILES string of the molecule is CCS(=O)(=O)N1C[C@@H](C(=O)Nc2cc(S(=O)(=O)N3CCCC3)ccc2OC)Oc2ccccc21. The van der Waals surface area contributed by atoms with Crippen LogP contribution in [0.1, 0.15) is 19.8 Å². The van der Waals surface area contributed by atoms with E-state index >= 15 is 0 Å². The van der Waals surface area contributed by atoms with Crippen LogP contribution in [0.15, 0.2) is 47.4 Å². The number of rotatable bonds is 7. The molecule has 1 fully saturated rings. The quantitative estimate of drug-likeness (QED) is 0.606. The maximum Gasteiger partial charge on any atom is 0.267 e. The monoisotopic (exact) mass is 509 g/mol. The Labute approximate surface area is 199 Å². The summed E-state index contributed by atoms with van der Waals surface area (Å²) in [7, 11) is -5.96. The highest BCUT2D eigenvalue weighted by Gasteiger charge is 2.36. The Bertz CT molecular complexity index is 1290. The van der Waals surface area contributed by atoms with Crippen molar-refractivity contribution in [3.05, 3.63) is 42.5 Å². The van der Waals surface area contributed by atoms with Crippen LogP contribution in [0, 0.1) is 0 Å². The summed E-state index contributed by atoms with van der Waals surface area (Å²) in [6.45, 7) is 2.22. The minimum Gasteiger partial charge on any atom is -0.495 e. The lowest BCUT2D eigenvalue weighted by atomic mass is 10.2. The van der Waals surface area contributed by atoms with Crippen LogP contribution in [0.5, 0.6) is 11.5 Å². The number of sulfonamides is 2. The van der Waals surface area contributed by atoms with Gasteiger partial charge >= 0.3 is 0 Å². The third-order valence-electron chi connectivity index (χ3n) is 5.86. The van der Waals surface area contributed by atoms with Crippen LogP contribution in [0.3, 0.4) is 0 Å². The van der Waals surface area contributed by atoms with E-state index in [2.05, 4.69) is 5.32 Å². The largest absolute Gasteiger partial charge is 0.495 e. The van der Waals surface area contributed by atoms with E-state index in [0.717, 1.165) is 12.8 Å². The second-order valence-corrected chi connectivity index (χ2v) is 12.1. The number of hydrogen-bond acceptors (Lipinski definition) is 7. The molecular weight excluding hydrogens is 482 g/mol. The molecule has 0 radical (unpaired) electrons. The number of fused-ring (bicyclic) bond motifs is 1. The van der Waals surface area contributed by atoms with Crippen LogP contribution in [-0.4, -0.2) is 65.6 Å². The average molecular weight is 510 g/mol. The standard InChI is InChI=1S/C22H27N3O7S2/c1-3-33(27,28)25-15-21(32-20-9-5-4-8-18(20)25)22(26)23-17-14-16(10-11-19(17)31-2)34(29,30)24-12-6-7-13-24/h4-5,8-11,14,21H,3,6-7,12-13,15H2,1-2H3,(H,23,26)/t21-/m0/s1.